The Morgan fingerprint density at radius 1 is 1.30 bits per heavy atom. The van der Waals surface area contributed by atoms with Gasteiger partial charge in [-0.05, 0) is 25.2 Å². The topological polar surface area (TPSA) is 58.6 Å². The molecule has 2 atom stereocenters. The van der Waals surface area contributed by atoms with E-state index in [0.717, 1.165) is 25.6 Å². The summed E-state index contributed by atoms with van der Waals surface area (Å²) in [5.74, 6) is 0.546. The van der Waals surface area contributed by atoms with Crippen LogP contribution in [0.25, 0.3) is 0 Å². The Kier molecular flexibility index (Phi) is 5.02. The highest BCUT2D eigenvalue weighted by molar-refractivity contribution is 5.78. The van der Waals surface area contributed by atoms with Gasteiger partial charge in [0.1, 0.15) is 0 Å². The van der Waals surface area contributed by atoms with Gasteiger partial charge in [-0.3, -0.25) is 9.59 Å². The maximum atomic E-state index is 11.9. The largest absolute Gasteiger partial charge is 0.469 e. The van der Waals surface area contributed by atoms with Crippen molar-refractivity contribution >= 4 is 11.9 Å². The molecule has 1 saturated heterocycles. The molecule has 2 aliphatic rings. The average Bonchev–Trinajstić information content (AvgIpc) is 3.21. The van der Waals surface area contributed by atoms with Crippen LogP contribution in [0.5, 0.6) is 0 Å². The van der Waals surface area contributed by atoms with Crippen LogP contribution in [0.3, 0.4) is 0 Å². The summed E-state index contributed by atoms with van der Waals surface area (Å²) >= 11 is 0. The van der Waals surface area contributed by atoms with Crippen molar-refractivity contribution in [3.05, 3.63) is 0 Å². The summed E-state index contributed by atoms with van der Waals surface area (Å²) in [5.41, 5.74) is 0. The minimum atomic E-state index is -0.158. The van der Waals surface area contributed by atoms with Gasteiger partial charge in [0, 0.05) is 31.6 Å². The van der Waals surface area contributed by atoms with Crippen molar-refractivity contribution in [1.82, 2.24) is 10.2 Å². The predicted molar refractivity (Wildman–Crippen MR) is 76.1 cm³/mol. The molecular formula is C15H26N2O3. The second-order valence-electron chi connectivity index (χ2n) is 6.48. The number of nitrogens with one attached hydrogen (secondary N) is 1. The van der Waals surface area contributed by atoms with Crippen molar-refractivity contribution in [2.75, 3.05) is 26.7 Å². The average molecular weight is 282 g/mol. The lowest BCUT2D eigenvalue weighted by molar-refractivity contribution is -0.148. The monoisotopic (exact) mass is 282 g/mol. The zero-order valence-corrected chi connectivity index (χ0v) is 12.7. The molecule has 1 amide bonds. The van der Waals surface area contributed by atoms with Gasteiger partial charge in [0.05, 0.1) is 13.0 Å². The van der Waals surface area contributed by atoms with Crippen LogP contribution in [0.15, 0.2) is 0 Å². The van der Waals surface area contributed by atoms with E-state index in [2.05, 4.69) is 10.2 Å². The maximum Gasteiger partial charge on any atom is 0.310 e. The fraction of sp³-hybridized carbons (Fsp3) is 0.867. The van der Waals surface area contributed by atoms with Crippen molar-refractivity contribution in [2.24, 2.45) is 17.8 Å². The molecule has 0 aromatic rings. The number of hydrogen-bond donors (Lipinski definition) is 1. The van der Waals surface area contributed by atoms with Gasteiger partial charge >= 0.3 is 5.97 Å². The molecule has 1 saturated carbocycles. The van der Waals surface area contributed by atoms with Crippen molar-refractivity contribution in [2.45, 2.75) is 39.2 Å². The van der Waals surface area contributed by atoms with Crippen LogP contribution in [0, 0.1) is 17.8 Å². The van der Waals surface area contributed by atoms with E-state index in [1.165, 1.54) is 20.0 Å². The Hall–Kier alpha value is -1.10. The number of hydrogen-bond acceptors (Lipinski definition) is 4. The molecule has 0 bridgehead atoms. The van der Waals surface area contributed by atoms with Gasteiger partial charge in [0.15, 0.2) is 0 Å². The van der Waals surface area contributed by atoms with Crippen molar-refractivity contribution < 1.29 is 14.3 Å². The van der Waals surface area contributed by atoms with Gasteiger partial charge in [-0.15, -0.1) is 0 Å². The standard InChI is InChI=1S/C15H26N2O3/c1-10(2)14(18)16-13-6-12(15(19)20-3)8-17(9-13)7-11-4-5-11/h10-13H,4-9H2,1-3H3,(H,16,18). The number of amides is 1. The third kappa shape index (κ3) is 4.20. The maximum absolute atomic E-state index is 11.9. The minimum absolute atomic E-state index is 0.0228. The molecule has 1 aliphatic carbocycles. The third-order valence-electron chi connectivity index (χ3n) is 4.14. The second kappa shape index (κ2) is 6.57. The van der Waals surface area contributed by atoms with E-state index in [1.54, 1.807) is 0 Å². The molecule has 2 unspecified atom stereocenters. The zero-order chi connectivity index (χ0) is 14.7. The number of methoxy groups -OCH3 is 1. The van der Waals surface area contributed by atoms with Gasteiger partial charge < -0.3 is 15.0 Å². The second-order valence-corrected chi connectivity index (χ2v) is 6.48. The van der Waals surface area contributed by atoms with E-state index in [9.17, 15) is 9.59 Å². The Morgan fingerprint density at radius 2 is 2.00 bits per heavy atom. The number of likely N-dealkylation sites (tertiary alicyclic amines) is 1. The first-order chi connectivity index (χ1) is 9.49. The number of rotatable bonds is 5. The highest BCUT2D eigenvalue weighted by Gasteiger charge is 2.35. The van der Waals surface area contributed by atoms with E-state index in [0.29, 0.717) is 6.42 Å². The molecule has 114 valence electrons. The van der Waals surface area contributed by atoms with E-state index in [4.69, 9.17) is 4.74 Å². The summed E-state index contributed by atoms with van der Waals surface area (Å²) in [6.07, 6.45) is 3.27. The van der Waals surface area contributed by atoms with Gasteiger partial charge in [-0.1, -0.05) is 13.8 Å². The lowest BCUT2D eigenvalue weighted by Crippen LogP contribution is -2.53. The van der Waals surface area contributed by atoms with Gasteiger partial charge in [0.2, 0.25) is 5.91 Å². The molecule has 1 heterocycles. The van der Waals surface area contributed by atoms with Crippen LogP contribution in [0.4, 0.5) is 0 Å². The van der Waals surface area contributed by atoms with E-state index in [1.807, 2.05) is 13.8 Å². The first-order valence-electron chi connectivity index (χ1n) is 7.60. The fourth-order valence-corrected chi connectivity index (χ4v) is 2.81. The van der Waals surface area contributed by atoms with E-state index >= 15 is 0 Å². The molecule has 20 heavy (non-hydrogen) atoms. The molecule has 0 radical (unpaired) electrons. The summed E-state index contributed by atoms with van der Waals surface area (Å²) in [7, 11) is 1.43. The highest BCUT2D eigenvalue weighted by atomic mass is 16.5. The fourth-order valence-electron chi connectivity index (χ4n) is 2.81. The van der Waals surface area contributed by atoms with Crippen molar-refractivity contribution in [1.29, 1.82) is 0 Å². The summed E-state index contributed by atoms with van der Waals surface area (Å²) < 4.78 is 4.88. The molecule has 0 aromatic carbocycles. The summed E-state index contributed by atoms with van der Waals surface area (Å²) in [5, 5.41) is 3.06. The molecular weight excluding hydrogens is 256 g/mol. The lowest BCUT2D eigenvalue weighted by atomic mass is 9.93. The normalized spacial score (nSPS) is 27.4. The third-order valence-corrected chi connectivity index (χ3v) is 4.14. The van der Waals surface area contributed by atoms with Gasteiger partial charge in [-0.25, -0.2) is 0 Å². The molecule has 5 nitrogen and oxygen atoms in total. The smallest absolute Gasteiger partial charge is 0.310 e. The number of piperidine rings is 1. The lowest BCUT2D eigenvalue weighted by Gasteiger charge is -2.37. The number of esters is 1. The van der Waals surface area contributed by atoms with Crippen molar-refractivity contribution in [3.63, 3.8) is 0 Å². The molecule has 0 spiro atoms. The summed E-state index contributed by atoms with van der Waals surface area (Å²) in [4.78, 5) is 26.0. The Balaban J connectivity index is 1.95. The number of carbonyl (C=O) groups is 2. The molecule has 2 fully saturated rings. The van der Waals surface area contributed by atoms with E-state index in [-0.39, 0.29) is 29.8 Å². The first-order valence-corrected chi connectivity index (χ1v) is 7.60. The summed E-state index contributed by atoms with van der Waals surface area (Å²) in [6.45, 7) is 6.43. The van der Waals surface area contributed by atoms with Crippen LogP contribution >= 0.6 is 0 Å². The van der Waals surface area contributed by atoms with Crippen LogP contribution in [-0.2, 0) is 14.3 Å². The Labute approximate surface area is 121 Å². The predicted octanol–water partition coefficient (Wildman–Crippen LogP) is 1.03. The molecule has 1 N–H and O–H groups in total. The molecule has 0 aromatic heterocycles. The van der Waals surface area contributed by atoms with Gasteiger partial charge in [-0.2, -0.15) is 0 Å². The molecule has 2 rings (SSSR count). The Bertz CT molecular complexity index is 366. The highest BCUT2D eigenvalue weighted by Crippen LogP contribution is 2.31. The number of nitrogens with zero attached hydrogens (tertiary/aromatic N) is 1. The first kappa shape index (κ1) is 15.3. The number of ether oxygens (including phenoxy) is 1. The van der Waals surface area contributed by atoms with E-state index < -0.39 is 0 Å². The number of carbonyl (C=O) groups excluding carboxylic acids is 2. The van der Waals surface area contributed by atoms with Gasteiger partial charge in [0.25, 0.3) is 0 Å². The summed E-state index contributed by atoms with van der Waals surface area (Å²) in [6, 6.07) is 0.0569. The molecule has 5 heteroatoms. The van der Waals surface area contributed by atoms with Crippen LogP contribution < -0.4 is 5.32 Å². The van der Waals surface area contributed by atoms with Crippen molar-refractivity contribution in [3.8, 4) is 0 Å². The Morgan fingerprint density at radius 3 is 2.55 bits per heavy atom. The minimum Gasteiger partial charge on any atom is -0.469 e. The quantitative estimate of drug-likeness (QED) is 0.765. The van der Waals surface area contributed by atoms with Crippen LogP contribution in [0.2, 0.25) is 0 Å². The van der Waals surface area contributed by atoms with Crippen LogP contribution in [0.1, 0.15) is 33.1 Å². The molecule has 1 aliphatic heterocycles. The zero-order valence-electron chi connectivity index (χ0n) is 12.7. The SMILES string of the molecule is COC(=O)C1CC(NC(=O)C(C)C)CN(CC2CC2)C1. The van der Waals surface area contributed by atoms with Crippen LogP contribution in [-0.4, -0.2) is 49.6 Å².